The van der Waals surface area contributed by atoms with E-state index in [1.807, 2.05) is 6.08 Å². The Morgan fingerprint density at radius 2 is 1.78 bits per heavy atom. The molecule has 1 N–H and O–H groups in total. The first-order chi connectivity index (χ1) is 19.3. The minimum absolute atomic E-state index is 0.115. The molecule has 3 heterocycles. The number of halogens is 3. The van der Waals surface area contributed by atoms with Gasteiger partial charge in [0.25, 0.3) is 0 Å². The van der Waals surface area contributed by atoms with Gasteiger partial charge < -0.3 is 19.5 Å². The number of morpholine rings is 1. The molecule has 1 unspecified atom stereocenters. The van der Waals surface area contributed by atoms with Crippen LogP contribution in [0.4, 0.5) is 18.9 Å². The van der Waals surface area contributed by atoms with Crippen LogP contribution in [0.15, 0.2) is 47.4 Å². The van der Waals surface area contributed by atoms with E-state index < -0.39 is 21.8 Å². The summed E-state index contributed by atoms with van der Waals surface area (Å²) in [5, 5.41) is 10.1. The Morgan fingerprint density at radius 1 is 1.12 bits per heavy atom. The van der Waals surface area contributed by atoms with E-state index >= 15 is 0 Å². The highest BCUT2D eigenvalue weighted by molar-refractivity contribution is 7.96. The number of aliphatic hydroxyl groups is 1. The number of nitrogens with zero attached hydrogens (tertiary/aromatic N) is 3. The van der Waals surface area contributed by atoms with E-state index in [1.54, 1.807) is 31.4 Å². The van der Waals surface area contributed by atoms with Crippen LogP contribution in [-0.2, 0) is 25.1 Å². The van der Waals surface area contributed by atoms with Crippen molar-refractivity contribution >= 4 is 32.8 Å². The lowest BCUT2D eigenvalue weighted by Crippen LogP contribution is -2.64. The summed E-state index contributed by atoms with van der Waals surface area (Å²) in [5.74, 6) is 0. The van der Waals surface area contributed by atoms with Crippen molar-refractivity contribution in [2.45, 2.75) is 62.2 Å². The van der Waals surface area contributed by atoms with E-state index in [-0.39, 0.29) is 47.8 Å². The summed E-state index contributed by atoms with van der Waals surface area (Å²) < 4.78 is 80.6. The molecule has 2 bridgehead atoms. The number of thiocarbonyl (C=S) groups is 1. The van der Waals surface area contributed by atoms with Gasteiger partial charge in [-0.3, -0.25) is 4.90 Å². The summed E-state index contributed by atoms with van der Waals surface area (Å²) in [7, 11) is -2.12. The van der Waals surface area contributed by atoms with Crippen LogP contribution in [0.25, 0.3) is 0 Å². The number of fused-ring (bicyclic) bond motifs is 2. The molecule has 0 amide bonds. The van der Waals surface area contributed by atoms with Crippen molar-refractivity contribution in [3.8, 4) is 0 Å². The van der Waals surface area contributed by atoms with Gasteiger partial charge in [-0.05, 0) is 43.5 Å². The summed E-state index contributed by atoms with van der Waals surface area (Å²) in [6, 6.07) is 5.64. The summed E-state index contributed by atoms with van der Waals surface area (Å²) in [6.45, 7) is 3.13. The van der Waals surface area contributed by atoms with Crippen LogP contribution in [-0.4, -0.2) is 105 Å². The van der Waals surface area contributed by atoms with Crippen molar-refractivity contribution < 1.29 is 36.2 Å². The molecule has 3 aliphatic heterocycles. The molecule has 0 spiro atoms. The van der Waals surface area contributed by atoms with Crippen molar-refractivity contribution in [2.24, 2.45) is 0 Å². The van der Waals surface area contributed by atoms with Gasteiger partial charge in [0.2, 0.25) is 10.0 Å². The first-order valence-corrected chi connectivity index (χ1v) is 15.6. The fourth-order valence-corrected chi connectivity index (χ4v) is 8.32. The summed E-state index contributed by atoms with van der Waals surface area (Å²) >= 11 is 5.38. The number of allylic oxidation sites excluding steroid dienone is 4. The van der Waals surface area contributed by atoms with Gasteiger partial charge in [0, 0.05) is 62.3 Å². The smallest absolute Gasteiger partial charge is 0.381 e. The Kier molecular flexibility index (Phi) is 8.70. The first-order valence-electron chi connectivity index (χ1n) is 13.8. The van der Waals surface area contributed by atoms with Gasteiger partial charge in [0.1, 0.15) is 0 Å². The highest BCUT2D eigenvalue weighted by Gasteiger charge is 2.51. The molecule has 8 nitrogen and oxygen atoms in total. The lowest BCUT2D eigenvalue weighted by Gasteiger charge is -2.51. The van der Waals surface area contributed by atoms with Crippen LogP contribution in [0.2, 0.25) is 0 Å². The van der Waals surface area contributed by atoms with E-state index in [4.69, 9.17) is 21.7 Å². The van der Waals surface area contributed by atoms with E-state index in [0.29, 0.717) is 43.3 Å². The lowest BCUT2D eigenvalue weighted by atomic mass is 9.91. The monoisotopic (exact) mass is 615 g/mol. The molecule has 0 aromatic heterocycles. The van der Waals surface area contributed by atoms with Gasteiger partial charge in [0.05, 0.1) is 30.3 Å². The molecule has 5 atom stereocenters. The van der Waals surface area contributed by atoms with Gasteiger partial charge in [-0.1, -0.05) is 36.5 Å². The number of piperazine rings is 1. The molecule has 1 aromatic carbocycles. The van der Waals surface area contributed by atoms with Crippen LogP contribution in [0.1, 0.15) is 31.7 Å². The fraction of sp³-hybridized carbons (Fsp3) is 0.607. The quantitative estimate of drug-likeness (QED) is 0.468. The fourth-order valence-electron chi connectivity index (χ4n) is 6.25. The molecule has 3 saturated heterocycles. The number of rotatable bonds is 7. The number of piperidine rings is 1. The standard InChI is InChI=1S/C28H36F3N3O5S2/c1-27(35,28(29,30)31)19-7-9-20(10-8-19)33-12-11-32(41(36,37)26-6-4-3-5-25(26)40)15-23(33)16-34-21-13-24(38-2)14-22(34)18-39-17-21/h3-4,6-10,21-24,35H,5,11-18H2,1-2H3/t21-,22+,23-,24?,27+/m1/s1. The molecule has 1 aromatic rings. The van der Waals surface area contributed by atoms with Crippen LogP contribution >= 0.6 is 12.2 Å². The average molecular weight is 616 g/mol. The summed E-state index contributed by atoms with van der Waals surface area (Å²) in [5.41, 5.74) is -2.58. The van der Waals surface area contributed by atoms with Crippen LogP contribution in [0.5, 0.6) is 0 Å². The number of sulfonamides is 1. The lowest BCUT2D eigenvalue weighted by molar-refractivity contribution is -0.258. The maximum absolute atomic E-state index is 13.7. The molecule has 0 radical (unpaired) electrons. The van der Waals surface area contributed by atoms with Crippen molar-refractivity contribution in [2.75, 3.05) is 51.4 Å². The Hall–Kier alpha value is -1.87. The van der Waals surface area contributed by atoms with Gasteiger partial charge in [-0.2, -0.15) is 17.5 Å². The van der Waals surface area contributed by atoms with E-state index in [0.717, 1.165) is 19.8 Å². The summed E-state index contributed by atoms with van der Waals surface area (Å²) in [6.07, 6.45) is 2.38. The van der Waals surface area contributed by atoms with Crippen molar-refractivity contribution in [3.63, 3.8) is 0 Å². The zero-order valence-electron chi connectivity index (χ0n) is 23.1. The van der Waals surface area contributed by atoms with E-state index in [9.17, 15) is 26.7 Å². The highest BCUT2D eigenvalue weighted by atomic mass is 32.2. The molecule has 226 valence electrons. The molecule has 4 aliphatic rings. The second-order valence-electron chi connectivity index (χ2n) is 11.3. The van der Waals surface area contributed by atoms with Crippen LogP contribution < -0.4 is 4.90 Å². The summed E-state index contributed by atoms with van der Waals surface area (Å²) in [4.78, 5) is 4.96. The Labute approximate surface area is 244 Å². The predicted octanol–water partition coefficient (Wildman–Crippen LogP) is 3.37. The van der Waals surface area contributed by atoms with Gasteiger partial charge in [0.15, 0.2) is 5.60 Å². The maximum atomic E-state index is 13.7. The molecular weight excluding hydrogens is 579 g/mol. The van der Waals surface area contributed by atoms with Crippen LogP contribution in [0, 0.1) is 0 Å². The minimum atomic E-state index is -4.82. The first kappa shape index (κ1) is 30.6. The van der Waals surface area contributed by atoms with E-state index in [1.165, 1.54) is 16.4 Å². The SMILES string of the molecule is COC1C[C@H]2COC[C@@H](C1)N2C[C@H]1CN(S(=O)(=O)C2=CC=CCC2=S)CCN1c1ccc([C@](C)(O)C(F)(F)F)cc1. The van der Waals surface area contributed by atoms with Crippen molar-refractivity contribution in [1.29, 1.82) is 0 Å². The van der Waals surface area contributed by atoms with Crippen molar-refractivity contribution in [1.82, 2.24) is 9.21 Å². The Morgan fingerprint density at radius 3 is 2.37 bits per heavy atom. The number of anilines is 1. The van der Waals surface area contributed by atoms with Crippen LogP contribution in [0.3, 0.4) is 0 Å². The van der Waals surface area contributed by atoms with E-state index in [2.05, 4.69) is 9.80 Å². The molecule has 1 aliphatic carbocycles. The molecule has 41 heavy (non-hydrogen) atoms. The molecule has 0 saturated carbocycles. The maximum Gasteiger partial charge on any atom is 0.421 e. The molecular formula is C28H36F3N3O5S2. The second kappa shape index (κ2) is 11.7. The zero-order chi connectivity index (χ0) is 29.6. The number of hydrogen-bond acceptors (Lipinski definition) is 8. The topological polar surface area (TPSA) is 82.6 Å². The minimum Gasteiger partial charge on any atom is -0.381 e. The second-order valence-corrected chi connectivity index (χ2v) is 13.7. The number of ether oxygens (including phenoxy) is 2. The average Bonchev–Trinajstić information content (AvgIpc) is 2.92. The van der Waals surface area contributed by atoms with Crippen molar-refractivity contribution in [3.05, 3.63) is 53.0 Å². The van der Waals surface area contributed by atoms with Gasteiger partial charge in [-0.15, -0.1) is 0 Å². The number of hydrogen-bond donors (Lipinski definition) is 1. The van der Waals surface area contributed by atoms with Gasteiger partial charge in [-0.25, -0.2) is 8.42 Å². The third-order valence-corrected chi connectivity index (χ3v) is 11.2. The third-order valence-electron chi connectivity index (χ3n) is 8.72. The zero-order valence-corrected chi connectivity index (χ0v) is 24.7. The Balaban J connectivity index is 1.44. The molecule has 3 fully saturated rings. The van der Waals surface area contributed by atoms with Gasteiger partial charge >= 0.3 is 6.18 Å². The predicted molar refractivity (Wildman–Crippen MR) is 153 cm³/mol. The highest BCUT2D eigenvalue weighted by Crippen LogP contribution is 2.39. The largest absolute Gasteiger partial charge is 0.421 e. The number of alkyl halides is 3. The Bertz CT molecular complexity index is 1290. The third kappa shape index (κ3) is 5.99. The number of benzene rings is 1. The number of methoxy groups -OCH3 is 1. The molecule has 5 rings (SSSR count). The molecule has 13 heteroatoms. The normalized spacial score (nSPS) is 29.8.